The first kappa shape index (κ1) is 39.5. The van der Waals surface area contributed by atoms with Gasteiger partial charge in [0.25, 0.3) is 0 Å². The predicted molar refractivity (Wildman–Crippen MR) is 176 cm³/mol. The third kappa shape index (κ3) is 10.8. The van der Waals surface area contributed by atoms with Crippen LogP contribution in [0.3, 0.4) is 0 Å². The molecule has 1 unspecified atom stereocenters. The zero-order valence-corrected chi connectivity index (χ0v) is 32.1. The van der Waals surface area contributed by atoms with Crippen LogP contribution in [0.5, 0.6) is 0 Å². The first-order chi connectivity index (χ1) is 19.0. The van der Waals surface area contributed by atoms with E-state index < -0.39 is 0 Å². The van der Waals surface area contributed by atoms with E-state index in [-0.39, 0.29) is 35.6 Å². The second kappa shape index (κ2) is 16.2. The monoisotopic (exact) mass is 690 g/mol. The van der Waals surface area contributed by atoms with Gasteiger partial charge in [0.1, 0.15) is 0 Å². The molecular weight excluding hydrogens is 643 g/mol. The summed E-state index contributed by atoms with van der Waals surface area (Å²) in [7, 11) is 0. The van der Waals surface area contributed by atoms with Crippen LogP contribution in [0.1, 0.15) is 110 Å². The molecule has 0 aromatic heterocycles. The van der Waals surface area contributed by atoms with Crippen molar-refractivity contribution in [3.8, 4) is 11.1 Å². The summed E-state index contributed by atoms with van der Waals surface area (Å²) in [5, 5.41) is 0. The summed E-state index contributed by atoms with van der Waals surface area (Å²) in [4.78, 5) is 0. The van der Waals surface area contributed by atoms with Gasteiger partial charge in [-0.05, 0) is 17.4 Å². The van der Waals surface area contributed by atoms with E-state index in [1.54, 1.807) is 0 Å². The molecule has 43 heavy (non-hydrogen) atoms. The molecule has 0 amide bonds. The van der Waals surface area contributed by atoms with Crippen LogP contribution in [0, 0.1) is 23.5 Å². The fourth-order valence-electron chi connectivity index (χ4n) is 5.27. The molecule has 0 nitrogen and oxygen atoms in total. The summed E-state index contributed by atoms with van der Waals surface area (Å²) in [5.41, 5.74) is 13.3. The van der Waals surface area contributed by atoms with Crippen molar-refractivity contribution < 1.29 is 49.0 Å². The molecule has 1 atom stereocenters. The predicted octanol–water partition coefficient (Wildman–Crippen LogP) is 4.79. The summed E-state index contributed by atoms with van der Waals surface area (Å²) < 4.78 is 2.17. The van der Waals surface area contributed by atoms with Gasteiger partial charge in [0, 0.05) is 0 Å². The zero-order valence-electron chi connectivity index (χ0n) is 28.2. The molecule has 2 aliphatic carbocycles. The Balaban J connectivity index is 0.000000357. The molecule has 3 heteroatoms. The molecule has 3 aromatic carbocycles. The number of hydrogen-bond donors (Lipinski definition) is 0. The van der Waals surface area contributed by atoms with Gasteiger partial charge < -0.3 is 24.8 Å². The Bertz CT molecular complexity index is 1350. The van der Waals surface area contributed by atoms with Gasteiger partial charge in [0.05, 0.1) is 0 Å². The van der Waals surface area contributed by atoms with E-state index in [9.17, 15) is 0 Å². The molecule has 0 saturated heterocycles. The van der Waals surface area contributed by atoms with E-state index in [1.807, 2.05) is 6.07 Å². The molecule has 5 rings (SSSR count). The summed E-state index contributed by atoms with van der Waals surface area (Å²) in [6.07, 6.45) is 7.98. The molecule has 0 saturated carbocycles. The molecule has 2 aliphatic rings. The molecule has 0 radical (unpaired) electrons. The Morgan fingerprint density at radius 2 is 1.37 bits per heavy atom. The van der Waals surface area contributed by atoms with Crippen LogP contribution in [0.25, 0.3) is 11.1 Å². The third-order valence-corrected chi connectivity index (χ3v) is 8.62. The number of benzene rings is 3. The first-order valence-electron chi connectivity index (χ1n) is 15.1. The fraction of sp³-hybridized carbons (Fsp3) is 0.425. The van der Waals surface area contributed by atoms with E-state index in [4.69, 9.17) is 0 Å². The summed E-state index contributed by atoms with van der Waals surface area (Å²) in [6.45, 7) is 24.9. The molecule has 3 aromatic rings. The number of allylic oxidation sites excluding steroid dienone is 4. The van der Waals surface area contributed by atoms with Crippen LogP contribution in [-0.2, 0) is 41.5 Å². The van der Waals surface area contributed by atoms with Crippen molar-refractivity contribution in [3.05, 3.63) is 118 Å². The molecule has 230 valence electrons. The van der Waals surface area contributed by atoms with Gasteiger partial charge in [0.15, 0.2) is 0 Å². The minimum absolute atomic E-state index is 0. The Kier molecular flexibility index (Phi) is 14.8. The van der Waals surface area contributed by atoms with Gasteiger partial charge in [-0.3, -0.25) is 6.08 Å². The third-order valence-electron chi connectivity index (χ3n) is 7.80. The Labute approximate surface area is 291 Å². The van der Waals surface area contributed by atoms with Gasteiger partial charge in [-0.2, -0.15) is 41.0 Å². The zero-order chi connectivity index (χ0) is 30.6. The maximum absolute atomic E-state index is 3.53. The van der Waals surface area contributed by atoms with Crippen LogP contribution in [0.2, 0.25) is 0 Å². The molecule has 0 fully saturated rings. The number of rotatable bonds is 2. The SMILES string of the molecule is CC(C)(C)c1c[c-]c2c(c1)-c1cc(C(C)(C)C)ccc1C2.CCC1=[C-]C(C)C=C1C(C)(C)C.[Cl-].[Cl-].[Zr+2]=[CH]c1ccccc1. The van der Waals surface area contributed by atoms with Gasteiger partial charge in [-0.25, -0.2) is 5.57 Å². The fourth-order valence-corrected chi connectivity index (χ4v) is 5.75. The van der Waals surface area contributed by atoms with E-state index in [1.165, 1.54) is 74.3 Å². The van der Waals surface area contributed by atoms with Crippen molar-refractivity contribution in [3.63, 3.8) is 0 Å². The first-order valence-corrected chi connectivity index (χ1v) is 16.6. The van der Waals surface area contributed by atoms with E-state index in [0.29, 0.717) is 11.3 Å². The van der Waals surface area contributed by atoms with Crippen molar-refractivity contribution in [2.75, 3.05) is 0 Å². The molecule has 0 bridgehead atoms. The van der Waals surface area contributed by atoms with Crippen molar-refractivity contribution in [2.24, 2.45) is 11.3 Å². The average Bonchev–Trinajstić information content (AvgIpc) is 3.48. The average molecular weight is 693 g/mol. The topological polar surface area (TPSA) is 0 Å². The molecule has 0 aliphatic heterocycles. The minimum atomic E-state index is 0. The number of fused-ring (bicyclic) bond motifs is 3. The van der Waals surface area contributed by atoms with Gasteiger partial charge in [0.2, 0.25) is 0 Å². The quantitative estimate of drug-likeness (QED) is 0.265. The number of hydrogen-bond acceptors (Lipinski definition) is 0. The number of halogens is 2. The summed E-state index contributed by atoms with van der Waals surface area (Å²) in [6, 6.07) is 25.4. The van der Waals surface area contributed by atoms with Crippen LogP contribution in [0.4, 0.5) is 0 Å². The van der Waals surface area contributed by atoms with Gasteiger partial charge in [-0.1, -0.05) is 129 Å². The van der Waals surface area contributed by atoms with Crippen LogP contribution in [0.15, 0.2) is 77.9 Å². The van der Waals surface area contributed by atoms with Crippen LogP contribution in [-0.4, -0.2) is 3.71 Å². The normalized spacial score (nSPS) is 15.1. The molecular formula is C40H50Cl2Zr-2. The van der Waals surface area contributed by atoms with E-state index >= 15 is 0 Å². The second-order valence-corrected chi connectivity index (χ2v) is 15.2. The van der Waals surface area contributed by atoms with Crippen molar-refractivity contribution in [1.29, 1.82) is 0 Å². The second-order valence-electron chi connectivity index (χ2n) is 14.5. The van der Waals surface area contributed by atoms with Gasteiger partial charge >= 0.3 is 63.8 Å². The van der Waals surface area contributed by atoms with E-state index in [0.717, 1.165) is 12.8 Å². The van der Waals surface area contributed by atoms with Gasteiger partial charge in [-0.15, -0.1) is 5.56 Å². The van der Waals surface area contributed by atoms with Crippen molar-refractivity contribution in [2.45, 2.75) is 99.8 Å². The van der Waals surface area contributed by atoms with E-state index in [2.05, 4.69) is 153 Å². The molecule has 0 spiro atoms. The Hall–Kier alpha value is -1.53. The standard InChI is InChI=1S/C21H25.C12H19.C7H6.2ClH.Zr/c1-20(2,3)16-9-7-14-11-15-8-10-17(21(4,5)6)13-19(15)18(14)12-16;1-6-10-7-9(2)8-11(10)12(3,4)5;1-7-5-3-2-4-6-7;;;/h7,9-10,12-13H,11H2,1-6H3;8-9H,6H2,1-5H3;1-6H;2*1H;/q2*-1;;;;+2/p-2. The Morgan fingerprint density at radius 1 is 0.791 bits per heavy atom. The molecule has 0 N–H and O–H groups in total. The van der Waals surface area contributed by atoms with Crippen molar-refractivity contribution in [1.82, 2.24) is 0 Å². The maximum atomic E-state index is 3.53. The van der Waals surface area contributed by atoms with Crippen LogP contribution < -0.4 is 24.8 Å². The summed E-state index contributed by atoms with van der Waals surface area (Å²) >= 11 is 1.46. The summed E-state index contributed by atoms with van der Waals surface area (Å²) in [5.74, 6) is 0.522. The van der Waals surface area contributed by atoms with Crippen LogP contribution >= 0.6 is 0 Å². The molecule has 0 heterocycles. The van der Waals surface area contributed by atoms with Crippen molar-refractivity contribution >= 4 is 3.71 Å². The Morgan fingerprint density at radius 3 is 1.84 bits per heavy atom.